The van der Waals surface area contributed by atoms with Gasteiger partial charge in [-0.2, -0.15) is 0 Å². The first kappa shape index (κ1) is 21.9. The lowest BCUT2D eigenvalue weighted by atomic mass is 9.82. The van der Waals surface area contributed by atoms with Crippen LogP contribution in [0, 0.1) is 11.8 Å². The maximum absolute atomic E-state index is 13.3. The van der Waals surface area contributed by atoms with Gasteiger partial charge in [0.25, 0.3) is 0 Å². The SMILES string of the molecule is COc1ccc([C@@H](NC(=O)C(Cc2c[nH]c3ccccc23)C(N)=O)C2CCCCC2)nc1. The molecule has 0 bridgehead atoms. The summed E-state index contributed by atoms with van der Waals surface area (Å²) in [6.45, 7) is 0. The summed E-state index contributed by atoms with van der Waals surface area (Å²) in [7, 11) is 1.60. The first-order valence-corrected chi connectivity index (χ1v) is 11.2. The fourth-order valence-corrected chi connectivity index (χ4v) is 4.69. The van der Waals surface area contributed by atoms with Gasteiger partial charge in [0.1, 0.15) is 11.7 Å². The molecule has 1 aromatic carbocycles. The van der Waals surface area contributed by atoms with Crippen molar-refractivity contribution >= 4 is 22.7 Å². The highest BCUT2D eigenvalue weighted by Crippen LogP contribution is 2.34. The van der Waals surface area contributed by atoms with Crippen molar-refractivity contribution in [1.82, 2.24) is 15.3 Å². The number of amides is 2. The van der Waals surface area contributed by atoms with E-state index in [1.165, 1.54) is 6.42 Å². The predicted octanol–water partition coefficient (Wildman–Crippen LogP) is 3.65. The molecule has 4 rings (SSSR count). The Morgan fingerprint density at radius 2 is 1.97 bits per heavy atom. The molecule has 2 atom stereocenters. The van der Waals surface area contributed by atoms with Crippen LogP contribution in [0.3, 0.4) is 0 Å². The van der Waals surface area contributed by atoms with Crippen molar-refractivity contribution < 1.29 is 14.3 Å². The third-order valence-electron chi connectivity index (χ3n) is 6.49. The molecule has 1 unspecified atom stereocenters. The topological polar surface area (TPSA) is 110 Å². The fraction of sp³-hybridized carbons (Fsp3) is 0.400. The Balaban J connectivity index is 1.57. The van der Waals surface area contributed by atoms with Gasteiger partial charge >= 0.3 is 0 Å². The van der Waals surface area contributed by atoms with E-state index in [0.29, 0.717) is 5.75 Å². The molecule has 2 heterocycles. The van der Waals surface area contributed by atoms with Crippen LogP contribution in [0.1, 0.15) is 49.4 Å². The van der Waals surface area contributed by atoms with Gasteiger partial charge in [-0.25, -0.2) is 0 Å². The highest BCUT2D eigenvalue weighted by Gasteiger charge is 2.32. The molecule has 4 N–H and O–H groups in total. The number of aromatic nitrogens is 2. The molecule has 0 radical (unpaired) electrons. The number of primary amides is 1. The largest absolute Gasteiger partial charge is 0.495 e. The van der Waals surface area contributed by atoms with Crippen LogP contribution in [0.2, 0.25) is 0 Å². The number of hydrogen-bond acceptors (Lipinski definition) is 4. The Bertz CT molecular complexity index is 1070. The molecule has 1 aliphatic rings. The average Bonchev–Trinajstić information content (AvgIpc) is 3.24. The van der Waals surface area contributed by atoms with Crippen molar-refractivity contribution in [3.05, 3.63) is 60.0 Å². The molecular formula is C25H30N4O3. The molecule has 1 aliphatic carbocycles. The van der Waals surface area contributed by atoms with Gasteiger partial charge in [0.15, 0.2) is 0 Å². The maximum Gasteiger partial charge on any atom is 0.233 e. The molecule has 0 aliphatic heterocycles. The zero-order valence-corrected chi connectivity index (χ0v) is 18.3. The van der Waals surface area contributed by atoms with Gasteiger partial charge in [-0.15, -0.1) is 0 Å². The number of rotatable bonds is 8. The van der Waals surface area contributed by atoms with Crippen LogP contribution in [0.4, 0.5) is 0 Å². The smallest absolute Gasteiger partial charge is 0.233 e. The molecular weight excluding hydrogens is 404 g/mol. The van der Waals surface area contributed by atoms with Crippen LogP contribution < -0.4 is 15.8 Å². The van der Waals surface area contributed by atoms with Crippen molar-refractivity contribution in [2.75, 3.05) is 7.11 Å². The molecule has 7 heteroatoms. The van der Waals surface area contributed by atoms with E-state index in [4.69, 9.17) is 10.5 Å². The number of ether oxygens (including phenoxy) is 1. The first-order valence-electron chi connectivity index (χ1n) is 11.2. The van der Waals surface area contributed by atoms with E-state index < -0.39 is 11.8 Å². The van der Waals surface area contributed by atoms with Gasteiger partial charge in [-0.05, 0) is 48.9 Å². The zero-order chi connectivity index (χ0) is 22.5. The third kappa shape index (κ3) is 4.77. The van der Waals surface area contributed by atoms with Crippen LogP contribution in [0.5, 0.6) is 5.75 Å². The number of carbonyl (C=O) groups excluding carboxylic acids is 2. The Labute approximate surface area is 187 Å². The molecule has 0 saturated heterocycles. The van der Waals surface area contributed by atoms with Gasteiger partial charge < -0.3 is 20.8 Å². The minimum atomic E-state index is -0.960. The van der Waals surface area contributed by atoms with Crippen molar-refractivity contribution in [2.24, 2.45) is 17.6 Å². The summed E-state index contributed by atoms with van der Waals surface area (Å²) in [4.78, 5) is 33.4. The molecule has 1 fully saturated rings. The highest BCUT2D eigenvalue weighted by molar-refractivity contribution is 6.00. The molecule has 1 saturated carbocycles. The number of benzene rings is 1. The molecule has 168 valence electrons. The van der Waals surface area contributed by atoms with E-state index in [1.807, 2.05) is 42.6 Å². The van der Waals surface area contributed by atoms with E-state index in [-0.39, 0.29) is 24.3 Å². The number of hydrogen-bond donors (Lipinski definition) is 3. The Morgan fingerprint density at radius 1 is 1.19 bits per heavy atom. The second-order valence-electron chi connectivity index (χ2n) is 8.53. The van der Waals surface area contributed by atoms with Gasteiger partial charge in [-0.3, -0.25) is 14.6 Å². The first-order chi connectivity index (χ1) is 15.6. The molecule has 7 nitrogen and oxygen atoms in total. The standard InChI is InChI=1S/C25H30N4O3/c1-32-18-11-12-22(28-15-18)23(16-7-3-2-4-8-16)29-25(31)20(24(26)30)13-17-14-27-21-10-6-5-9-19(17)21/h5-6,9-12,14-16,20,23,27H,2-4,7-8,13H2,1H3,(H2,26,30)(H,29,31)/t20?,23-/m0/s1. The average molecular weight is 435 g/mol. The Morgan fingerprint density at radius 3 is 2.66 bits per heavy atom. The monoisotopic (exact) mass is 434 g/mol. The van der Waals surface area contributed by atoms with E-state index in [0.717, 1.165) is 47.8 Å². The number of nitrogens with one attached hydrogen (secondary N) is 2. The third-order valence-corrected chi connectivity index (χ3v) is 6.49. The number of fused-ring (bicyclic) bond motifs is 1. The van der Waals surface area contributed by atoms with Crippen molar-refractivity contribution in [1.29, 1.82) is 0 Å². The van der Waals surface area contributed by atoms with Crippen molar-refractivity contribution in [2.45, 2.75) is 44.6 Å². The van der Waals surface area contributed by atoms with Crippen LogP contribution in [-0.2, 0) is 16.0 Å². The van der Waals surface area contributed by atoms with Crippen LogP contribution >= 0.6 is 0 Å². The summed E-state index contributed by atoms with van der Waals surface area (Å²) >= 11 is 0. The predicted molar refractivity (Wildman–Crippen MR) is 123 cm³/mol. The van der Waals surface area contributed by atoms with Gasteiger partial charge in [0.05, 0.1) is 25.0 Å². The normalized spacial score (nSPS) is 16.4. The number of methoxy groups -OCH3 is 1. The van der Waals surface area contributed by atoms with Gasteiger partial charge in [0, 0.05) is 17.1 Å². The summed E-state index contributed by atoms with van der Waals surface area (Å²) in [6.07, 6.45) is 9.25. The lowest BCUT2D eigenvalue weighted by Gasteiger charge is -2.31. The van der Waals surface area contributed by atoms with Crippen molar-refractivity contribution in [3.63, 3.8) is 0 Å². The summed E-state index contributed by atoms with van der Waals surface area (Å²) in [5.41, 5.74) is 8.33. The number of H-pyrrole nitrogens is 1. The Hall–Kier alpha value is -3.35. The fourth-order valence-electron chi connectivity index (χ4n) is 4.69. The van der Waals surface area contributed by atoms with E-state index in [2.05, 4.69) is 15.3 Å². The number of nitrogens with two attached hydrogens (primary N) is 1. The van der Waals surface area contributed by atoms with Crippen LogP contribution in [-0.4, -0.2) is 28.9 Å². The number of carbonyl (C=O) groups is 2. The zero-order valence-electron chi connectivity index (χ0n) is 18.3. The summed E-state index contributed by atoms with van der Waals surface area (Å²) in [5, 5.41) is 4.12. The summed E-state index contributed by atoms with van der Waals surface area (Å²) < 4.78 is 5.23. The van der Waals surface area contributed by atoms with Gasteiger partial charge in [0.2, 0.25) is 11.8 Å². The lowest BCUT2D eigenvalue weighted by molar-refractivity contribution is -0.134. The minimum absolute atomic E-state index is 0.249. The number of aromatic amines is 1. The molecule has 0 spiro atoms. The van der Waals surface area contributed by atoms with Gasteiger partial charge in [-0.1, -0.05) is 37.5 Å². The molecule has 3 aromatic rings. The molecule has 32 heavy (non-hydrogen) atoms. The summed E-state index contributed by atoms with van der Waals surface area (Å²) in [6, 6.07) is 11.3. The number of para-hydroxylation sites is 1. The lowest BCUT2D eigenvalue weighted by Crippen LogP contribution is -2.43. The molecule has 2 amide bonds. The maximum atomic E-state index is 13.3. The van der Waals surface area contributed by atoms with Crippen molar-refractivity contribution in [3.8, 4) is 5.75 Å². The second-order valence-corrected chi connectivity index (χ2v) is 8.53. The second kappa shape index (κ2) is 9.85. The summed E-state index contributed by atoms with van der Waals surface area (Å²) in [5.74, 6) is -1.00. The van der Waals surface area contributed by atoms with E-state index in [1.54, 1.807) is 13.3 Å². The number of nitrogens with zero attached hydrogens (tertiary/aromatic N) is 1. The van der Waals surface area contributed by atoms with Crippen LogP contribution in [0.25, 0.3) is 10.9 Å². The van der Waals surface area contributed by atoms with Crippen LogP contribution in [0.15, 0.2) is 48.8 Å². The quantitative estimate of drug-likeness (QED) is 0.470. The van der Waals surface area contributed by atoms with E-state index >= 15 is 0 Å². The minimum Gasteiger partial charge on any atom is -0.495 e. The molecule has 2 aromatic heterocycles. The number of pyridine rings is 1. The Kier molecular flexibility index (Phi) is 6.73. The highest BCUT2D eigenvalue weighted by atomic mass is 16.5. The van der Waals surface area contributed by atoms with E-state index in [9.17, 15) is 9.59 Å².